The number of ether oxygens (including phenoxy) is 2. The molecule has 5 nitrogen and oxygen atoms in total. The van der Waals surface area contributed by atoms with Crippen LogP contribution in [0.1, 0.15) is 45.2 Å². The van der Waals surface area contributed by atoms with E-state index < -0.39 is 0 Å². The van der Waals surface area contributed by atoms with Gasteiger partial charge in [-0.3, -0.25) is 0 Å². The molecule has 2 rings (SSSR count). The SMILES string of the molecule is CCC(C)(c1ccc(OCCO)cc1)C(N)C(C)(C)c1ccc(OCCO)cc1. The Morgan fingerprint density at radius 1 is 0.793 bits per heavy atom. The van der Waals surface area contributed by atoms with E-state index in [-0.39, 0.29) is 43.3 Å². The zero-order valence-corrected chi connectivity index (χ0v) is 18.0. The lowest BCUT2D eigenvalue weighted by atomic mass is 9.62. The van der Waals surface area contributed by atoms with Crippen molar-refractivity contribution in [3.63, 3.8) is 0 Å². The lowest BCUT2D eigenvalue weighted by Crippen LogP contribution is -2.54. The molecule has 160 valence electrons. The third kappa shape index (κ3) is 5.30. The Kier molecular flexibility index (Phi) is 8.08. The van der Waals surface area contributed by atoms with Gasteiger partial charge in [0.25, 0.3) is 0 Å². The van der Waals surface area contributed by atoms with E-state index in [0.29, 0.717) is 0 Å². The molecular formula is C24H35NO4. The van der Waals surface area contributed by atoms with Crippen LogP contribution in [0.2, 0.25) is 0 Å². The summed E-state index contributed by atoms with van der Waals surface area (Å²) >= 11 is 0. The number of nitrogens with two attached hydrogens (primary N) is 1. The fourth-order valence-electron chi connectivity index (χ4n) is 3.82. The molecule has 5 heteroatoms. The second kappa shape index (κ2) is 10.1. The van der Waals surface area contributed by atoms with Crippen LogP contribution >= 0.6 is 0 Å². The highest BCUT2D eigenvalue weighted by molar-refractivity contribution is 5.38. The van der Waals surface area contributed by atoms with Gasteiger partial charge in [-0.15, -0.1) is 0 Å². The molecule has 0 spiro atoms. The van der Waals surface area contributed by atoms with Crippen molar-refractivity contribution in [1.82, 2.24) is 0 Å². The number of aliphatic hydroxyl groups excluding tert-OH is 2. The molecule has 0 aromatic heterocycles. The first kappa shape index (κ1) is 23.2. The quantitative estimate of drug-likeness (QED) is 0.537. The van der Waals surface area contributed by atoms with Crippen LogP contribution in [0.15, 0.2) is 48.5 Å². The maximum atomic E-state index is 8.92. The third-order valence-corrected chi connectivity index (χ3v) is 6.03. The van der Waals surface area contributed by atoms with E-state index in [2.05, 4.69) is 52.0 Å². The van der Waals surface area contributed by atoms with Crippen molar-refractivity contribution < 1.29 is 19.7 Å². The van der Waals surface area contributed by atoms with Gasteiger partial charge in [-0.1, -0.05) is 52.0 Å². The average Bonchev–Trinajstić information content (AvgIpc) is 2.75. The second-order valence-electron chi connectivity index (χ2n) is 8.16. The van der Waals surface area contributed by atoms with E-state index >= 15 is 0 Å². The summed E-state index contributed by atoms with van der Waals surface area (Å²) in [6.07, 6.45) is 0.895. The molecule has 4 N–H and O–H groups in total. The van der Waals surface area contributed by atoms with Gasteiger partial charge in [-0.05, 0) is 41.8 Å². The standard InChI is InChI=1S/C24H35NO4/c1-5-24(4,19-8-12-21(13-9-19)29-17-15-27)22(25)23(2,3)18-6-10-20(11-7-18)28-16-14-26/h6-13,22,26-27H,5,14-17,25H2,1-4H3. The van der Waals surface area contributed by atoms with E-state index in [1.807, 2.05) is 24.3 Å². The van der Waals surface area contributed by atoms with Gasteiger partial charge >= 0.3 is 0 Å². The Hall–Kier alpha value is -2.08. The molecule has 0 amide bonds. The van der Waals surface area contributed by atoms with Crippen molar-refractivity contribution in [1.29, 1.82) is 0 Å². The summed E-state index contributed by atoms with van der Waals surface area (Å²) in [5.74, 6) is 1.48. The van der Waals surface area contributed by atoms with Crippen molar-refractivity contribution in [3.05, 3.63) is 59.7 Å². The number of benzene rings is 2. The molecule has 0 saturated carbocycles. The number of hydrogen-bond donors (Lipinski definition) is 3. The van der Waals surface area contributed by atoms with Crippen molar-refractivity contribution in [2.24, 2.45) is 5.73 Å². The monoisotopic (exact) mass is 401 g/mol. The highest BCUT2D eigenvalue weighted by Crippen LogP contribution is 2.41. The minimum atomic E-state index is -0.271. The van der Waals surface area contributed by atoms with Crippen molar-refractivity contribution >= 4 is 0 Å². The molecule has 0 aliphatic carbocycles. The molecule has 2 unspecified atom stereocenters. The van der Waals surface area contributed by atoms with Gasteiger partial charge in [0.15, 0.2) is 0 Å². The average molecular weight is 402 g/mol. The minimum Gasteiger partial charge on any atom is -0.491 e. The van der Waals surface area contributed by atoms with Crippen LogP contribution in [0.4, 0.5) is 0 Å². The van der Waals surface area contributed by atoms with Gasteiger partial charge in [-0.25, -0.2) is 0 Å². The van der Waals surface area contributed by atoms with Gasteiger partial charge in [-0.2, -0.15) is 0 Å². The van der Waals surface area contributed by atoms with Gasteiger partial charge in [0, 0.05) is 16.9 Å². The predicted molar refractivity (Wildman–Crippen MR) is 117 cm³/mol. The van der Waals surface area contributed by atoms with Crippen LogP contribution in [-0.4, -0.2) is 42.7 Å². The summed E-state index contributed by atoms with van der Waals surface area (Å²) in [4.78, 5) is 0. The molecule has 2 aromatic carbocycles. The van der Waals surface area contributed by atoms with Crippen LogP contribution in [-0.2, 0) is 10.8 Å². The summed E-state index contributed by atoms with van der Waals surface area (Å²) in [7, 11) is 0. The highest BCUT2D eigenvalue weighted by Gasteiger charge is 2.42. The lowest BCUT2D eigenvalue weighted by molar-refractivity contribution is 0.201. The molecule has 0 radical (unpaired) electrons. The number of aliphatic hydroxyl groups is 2. The molecule has 2 aromatic rings. The highest BCUT2D eigenvalue weighted by atomic mass is 16.5. The Balaban J connectivity index is 2.26. The Morgan fingerprint density at radius 3 is 1.59 bits per heavy atom. The number of rotatable bonds is 11. The van der Waals surface area contributed by atoms with Gasteiger partial charge < -0.3 is 25.4 Å². The van der Waals surface area contributed by atoms with Crippen LogP contribution in [0.25, 0.3) is 0 Å². The summed E-state index contributed by atoms with van der Waals surface area (Å²) in [5, 5.41) is 17.8. The zero-order chi connectivity index (χ0) is 21.5. The zero-order valence-electron chi connectivity index (χ0n) is 18.0. The largest absolute Gasteiger partial charge is 0.491 e. The molecule has 0 aliphatic rings. The summed E-state index contributed by atoms with van der Waals surface area (Å²) < 4.78 is 11.0. The van der Waals surface area contributed by atoms with Gasteiger partial charge in [0.05, 0.1) is 13.2 Å². The van der Waals surface area contributed by atoms with E-state index in [4.69, 9.17) is 25.4 Å². The maximum Gasteiger partial charge on any atom is 0.119 e. The first-order chi connectivity index (χ1) is 13.8. The van der Waals surface area contributed by atoms with Gasteiger partial charge in [0.2, 0.25) is 0 Å². The van der Waals surface area contributed by atoms with E-state index in [1.54, 1.807) is 0 Å². The van der Waals surface area contributed by atoms with Crippen molar-refractivity contribution in [3.8, 4) is 11.5 Å². The van der Waals surface area contributed by atoms with Crippen LogP contribution in [0.3, 0.4) is 0 Å². The molecular weight excluding hydrogens is 366 g/mol. The van der Waals surface area contributed by atoms with Crippen molar-refractivity contribution in [2.75, 3.05) is 26.4 Å². The Labute approximate surface area is 174 Å². The van der Waals surface area contributed by atoms with Crippen LogP contribution in [0, 0.1) is 0 Å². The van der Waals surface area contributed by atoms with E-state index in [0.717, 1.165) is 23.5 Å². The smallest absolute Gasteiger partial charge is 0.119 e. The van der Waals surface area contributed by atoms with E-state index in [1.165, 1.54) is 5.56 Å². The molecule has 0 aliphatic heterocycles. The maximum absolute atomic E-state index is 8.92. The molecule has 0 fully saturated rings. The molecule has 2 atom stereocenters. The lowest BCUT2D eigenvalue weighted by Gasteiger charge is -2.45. The first-order valence-corrected chi connectivity index (χ1v) is 10.2. The van der Waals surface area contributed by atoms with Crippen LogP contribution < -0.4 is 15.2 Å². The number of hydrogen-bond acceptors (Lipinski definition) is 5. The van der Waals surface area contributed by atoms with Crippen LogP contribution in [0.5, 0.6) is 11.5 Å². The summed E-state index contributed by atoms with van der Waals surface area (Å²) in [5.41, 5.74) is 8.72. The summed E-state index contributed by atoms with van der Waals surface area (Å²) in [6.45, 7) is 9.29. The minimum absolute atomic E-state index is 0.00266. The normalized spacial score (nSPS) is 14.9. The second-order valence-corrected chi connectivity index (χ2v) is 8.16. The topological polar surface area (TPSA) is 84.9 Å². The Bertz CT molecular complexity index is 742. The van der Waals surface area contributed by atoms with E-state index in [9.17, 15) is 0 Å². The molecule has 0 saturated heterocycles. The van der Waals surface area contributed by atoms with Crippen molar-refractivity contribution in [2.45, 2.75) is 51.0 Å². The fraction of sp³-hybridized carbons (Fsp3) is 0.500. The predicted octanol–water partition coefficient (Wildman–Crippen LogP) is 3.40. The molecule has 29 heavy (non-hydrogen) atoms. The van der Waals surface area contributed by atoms with Gasteiger partial charge in [0.1, 0.15) is 24.7 Å². The fourth-order valence-corrected chi connectivity index (χ4v) is 3.82. The first-order valence-electron chi connectivity index (χ1n) is 10.2. The molecule has 0 bridgehead atoms. The molecule has 0 heterocycles. The third-order valence-electron chi connectivity index (χ3n) is 6.03. The Morgan fingerprint density at radius 2 is 1.21 bits per heavy atom. The summed E-state index contributed by atoms with van der Waals surface area (Å²) in [6, 6.07) is 15.8.